The van der Waals surface area contributed by atoms with E-state index < -0.39 is 0 Å². The summed E-state index contributed by atoms with van der Waals surface area (Å²) in [5.74, 6) is 0.899. The van der Waals surface area contributed by atoms with Crippen molar-refractivity contribution in [2.24, 2.45) is 0 Å². The molecule has 1 amide bonds. The van der Waals surface area contributed by atoms with Crippen molar-refractivity contribution in [1.29, 1.82) is 0 Å². The Morgan fingerprint density at radius 2 is 2.12 bits per heavy atom. The molecule has 1 atom stereocenters. The van der Waals surface area contributed by atoms with Gasteiger partial charge in [-0.3, -0.25) is 9.59 Å². The van der Waals surface area contributed by atoms with E-state index in [1.54, 1.807) is 6.26 Å². The van der Waals surface area contributed by atoms with Gasteiger partial charge in [-0.15, -0.1) is 0 Å². The maximum Gasteiger partial charge on any atom is 0.257 e. The van der Waals surface area contributed by atoms with E-state index in [-0.39, 0.29) is 17.7 Å². The SMILES string of the molecule is Cc1[nH]c2c(c1C(=O)N1CCCCC[C@H]1c1ccco1)C(=O)CCC2. The highest BCUT2D eigenvalue weighted by Gasteiger charge is 2.35. The average Bonchev–Trinajstić information content (AvgIpc) is 3.16. The summed E-state index contributed by atoms with van der Waals surface area (Å²) in [5.41, 5.74) is 2.96. The molecule has 0 unspecified atom stereocenters. The molecule has 1 aliphatic heterocycles. The van der Waals surface area contributed by atoms with Crippen LogP contribution in [0.3, 0.4) is 0 Å². The Hall–Kier alpha value is -2.30. The third-order valence-corrected chi connectivity index (χ3v) is 5.47. The largest absolute Gasteiger partial charge is 0.467 e. The van der Waals surface area contributed by atoms with Gasteiger partial charge in [0.1, 0.15) is 5.76 Å². The summed E-state index contributed by atoms with van der Waals surface area (Å²) in [5, 5.41) is 0. The molecule has 5 nitrogen and oxygen atoms in total. The Labute approximate surface area is 147 Å². The fourth-order valence-electron chi connectivity index (χ4n) is 4.27. The fourth-order valence-corrected chi connectivity index (χ4v) is 4.27. The van der Waals surface area contributed by atoms with Gasteiger partial charge in [0.25, 0.3) is 5.91 Å². The minimum absolute atomic E-state index is 0.0338. The molecule has 1 saturated heterocycles. The Balaban J connectivity index is 1.74. The van der Waals surface area contributed by atoms with Crippen molar-refractivity contribution < 1.29 is 14.0 Å². The number of furan rings is 1. The molecule has 4 rings (SSSR count). The lowest BCUT2D eigenvalue weighted by Crippen LogP contribution is -2.35. The van der Waals surface area contributed by atoms with Crippen LogP contribution in [0.5, 0.6) is 0 Å². The number of aryl methyl sites for hydroxylation is 2. The van der Waals surface area contributed by atoms with Crippen molar-refractivity contribution >= 4 is 11.7 Å². The summed E-state index contributed by atoms with van der Waals surface area (Å²) in [7, 11) is 0. The Morgan fingerprint density at radius 3 is 2.92 bits per heavy atom. The van der Waals surface area contributed by atoms with Gasteiger partial charge in [0, 0.05) is 24.4 Å². The first kappa shape index (κ1) is 16.2. The molecule has 25 heavy (non-hydrogen) atoms. The maximum atomic E-state index is 13.5. The molecule has 0 bridgehead atoms. The van der Waals surface area contributed by atoms with E-state index >= 15 is 0 Å². The molecule has 1 fully saturated rings. The zero-order valence-corrected chi connectivity index (χ0v) is 14.6. The number of carbonyl (C=O) groups excluding carboxylic acids is 2. The molecule has 2 aromatic rings. The molecule has 5 heteroatoms. The first-order chi connectivity index (χ1) is 12.2. The quantitative estimate of drug-likeness (QED) is 0.891. The minimum atomic E-state index is -0.0476. The van der Waals surface area contributed by atoms with Crippen molar-refractivity contribution in [3.63, 3.8) is 0 Å². The predicted octanol–water partition coefficient (Wildman–Crippen LogP) is 4.19. The van der Waals surface area contributed by atoms with E-state index in [4.69, 9.17) is 4.42 Å². The third kappa shape index (κ3) is 2.81. The minimum Gasteiger partial charge on any atom is -0.467 e. The van der Waals surface area contributed by atoms with Crippen LogP contribution in [0.1, 0.15) is 82.4 Å². The molecule has 2 aliphatic rings. The molecule has 0 radical (unpaired) electrons. The van der Waals surface area contributed by atoms with Crippen LogP contribution in [0.15, 0.2) is 22.8 Å². The lowest BCUT2D eigenvalue weighted by Gasteiger charge is -2.29. The monoisotopic (exact) mass is 340 g/mol. The Kier molecular flexibility index (Phi) is 4.24. The van der Waals surface area contributed by atoms with Crippen LogP contribution in [-0.2, 0) is 6.42 Å². The summed E-state index contributed by atoms with van der Waals surface area (Å²) in [6.07, 6.45) is 7.99. The molecule has 0 spiro atoms. The lowest BCUT2D eigenvalue weighted by atomic mass is 9.92. The van der Waals surface area contributed by atoms with Gasteiger partial charge in [-0.25, -0.2) is 0 Å². The van der Waals surface area contributed by atoms with Gasteiger partial charge >= 0.3 is 0 Å². The molecule has 0 aromatic carbocycles. The number of fused-ring (bicyclic) bond motifs is 1. The van der Waals surface area contributed by atoms with Gasteiger partial charge in [0.2, 0.25) is 0 Å². The smallest absolute Gasteiger partial charge is 0.257 e. The number of H-pyrrole nitrogens is 1. The first-order valence-corrected chi connectivity index (χ1v) is 9.26. The summed E-state index contributed by atoms with van der Waals surface area (Å²) in [4.78, 5) is 31.2. The topological polar surface area (TPSA) is 66.3 Å². The molecule has 132 valence electrons. The van der Waals surface area contributed by atoms with Crippen molar-refractivity contribution in [2.75, 3.05) is 6.54 Å². The summed E-state index contributed by atoms with van der Waals surface area (Å²) in [6.45, 7) is 2.61. The van der Waals surface area contributed by atoms with Crippen molar-refractivity contribution in [3.05, 3.63) is 46.7 Å². The number of rotatable bonds is 2. The molecule has 1 aliphatic carbocycles. The van der Waals surface area contributed by atoms with E-state index in [2.05, 4.69) is 4.98 Å². The van der Waals surface area contributed by atoms with Crippen LogP contribution >= 0.6 is 0 Å². The highest BCUT2D eigenvalue weighted by molar-refractivity contribution is 6.10. The highest BCUT2D eigenvalue weighted by Crippen LogP contribution is 2.34. The number of Topliss-reactive ketones (excluding diaryl/α,β-unsaturated/α-hetero) is 1. The molecule has 1 N–H and O–H groups in total. The Morgan fingerprint density at radius 1 is 1.24 bits per heavy atom. The van der Waals surface area contributed by atoms with Crippen LogP contribution in [0, 0.1) is 6.92 Å². The third-order valence-electron chi connectivity index (χ3n) is 5.47. The van der Waals surface area contributed by atoms with Gasteiger partial charge in [-0.05, 0) is 44.7 Å². The second-order valence-electron chi connectivity index (χ2n) is 7.13. The Bertz CT molecular complexity index is 788. The van der Waals surface area contributed by atoms with Crippen LogP contribution in [-0.4, -0.2) is 28.1 Å². The van der Waals surface area contributed by atoms with Crippen molar-refractivity contribution in [1.82, 2.24) is 9.88 Å². The van der Waals surface area contributed by atoms with Crippen LogP contribution in [0.25, 0.3) is 0 Å². The number of aromatic amines is 1. The van der Waals surface area contributed by atoms with Crippen LogP contribution < -0.4 is 0 Å². The highest BCUT2D eigenvalue weighted by atomic mass is 16.3. The summed E-state index contributed by atoms with van der Waals surface area (Å²) in [6, 6.07) is 3.77. The average molecular weight is 340 g/mol. The number of hydrogen-bond acceptors (Lipinski definition) is 3. The van der Waals surface area contributed by atoms with Gasteiger partial charge in [0.05, 0.1) is 23.4 Å². The van der Waals surface area contributed by atoms with Crippen LogP contribution in [0.4, 0.5) is 0 Å². The molecule has 0 saturated carbocycles. The second kappa shape index (κ2) is 6.54. The number of ketones is 1. The zero-order valence-electron chi connectivity index (χ0n) is 14.6. The molecule has 3 heterocycles. The molecular weight excluding hydrogens is 316 g/mol. The van der Waals surface area contributed by atoms with E-state index in [1.807, 2.05) is 24.0 Å². The van der Waals surface area contributed by atoms with Crippen LogP contribution in [0.2, 0.25) is 0 Å². The molecular formula is C20H24N2O3. The van der Waals surface area contributed by atoms with E-state index in [9.17, 15) is 9.59 Å². The van der Waals surface area contributed by atoms with Crippen molar-refractivity contribution in [2.45, 2.75) is 57.9 Å². The zero-order chi connectivity index (χ0) is 17.4. The predicted molar refractivity (Wildman–Crippen MR) is 93.8 cm³/mol. The number of hydrogen-bond donors (Lipinski definition) is 1. The van der Waals surface area contributed by atoms with E-state index in [0.29, 0.717) is 24.1 Å². The number of nitrogens with one attached hydrogen (secondary N) is 1. The van der Waals surface area contributed by atoms with E-state index in [1.165, 1.54) is 0 Å². The van der Waals surface area contributed by atoms with Gasteiger partial charge in [-0.1, -0.05) is 12.8 Å². The number of likely N-dealkylation sites (tertiary alicyclic amines) is 1. The number of nitrogens with zero attached hydrogens (tertiary/aromatic N) is 1. The van der Waals surface area contributed by atoms with Crippen molar-refractivity contribution in [3.8, 4) is 0 Å². The maximum absolute atomic E-state index is 13.5. The normalized spacial score (nSPS) is 21.1. The lowest BCUT2D eigenvalue weighted by molar-refractivity contribution is 0.0653. The fraction of sp³-hybridized carbons (Fsp3) is 0.500. The standard InChI is InChI=1S/C20H24N2O3/c1-13-18(19-14(21-13)7-5-9-16(19)23)20(24)22-11-4-2-3-8-15(22)17-10-6-12-25-17/h6,10,12,15,21H,2-5,7-9,11H2,1H3/t15-/m0/s1. The van der Waals surface area contributed by atoms with Gasteiger partial charge in [0.15, 0.2) is 5.78 Å². The summed E-state index contributed by atoms with van der Waals surface area (Å²) < 4.78 is 5.62. The first-order valence-electron chi connectivity index (χ1n) is 9.26. The van der Waals surface area contributed by atoms with Gasteiger partial charge in [-0.2, -0.15) is 0 Å². The number of carbonyl (C=O) groups is 2. The molecule has 2 aromatic heterocycles. The number of amides is 1. The van der Waals surface area contributed by atoms with E-state index in [0.717, 1.165) is 55.7 Å². The summed E-state index contributed by atoms with van der Waals surface area (Å²) >= 11 is 0. The number of aromatic nitrogens is 1. The van der Waals surface area contributed by atoms with Gasteiger partial charge < -0.3 is 14.3 Å². The second-order valence-corrected chi connectivity index (χ2v) is 7.13.